The van der Waals surface area contributed by atoms with E-state index in [0.29, 0.717) is 18.9 Å². The standard InChI is InChI=1S/C12H19N3O3S/c1-14(2)19(16,17)12-6-4-3-5-11(12)13-15-7-9-18-10-8-15/h3-6,13H,7-10H2,1-2H3. The Kier molecular flexibility index (Phi) is 4.41. The molecule has 106 valence electrons. The summed E-state index contributed by atoms with van der Waals surface area (Å²) in [4.78, 5) is 0.284. The van der Waals surface area contributed by atoms with E-state index in [2.05, 4.69) is 5.43 Å². The fourth-order valence-electron chi connectivity index (χ4n) is 1.83. The highest BCUT2D eigenvalue weighted by atomic mass is 32.2. The van der Waals surface area contributed by atoms with Crippen molar-refractivity contribution in [3.05, 3.63) is 24.3 Å². The van der Waals surface area contributed by atoms with Gasteiger partial charge in [0.15, 0.2) is 0 Å². The lowest BCUT2D eigenvalue weighted by molar-refractivity contribution is 0.0495. The van der Waals surface area contributed by atoms with Crippen molar-refractivity contribution in [3.63, 3.8) is 0 Å². The molecule has 7 heteroatoms. The van der Waals surface area contributed by atoms with E-state index in [4.69, 9.17) is 4.74 Å². The number of para-hydroxylation sites is 1. The van der Waals surface area contributed by atoms with Crippen molar-refractivity contribution in [1.82, 2.24) is 9.31 Å². The summed E-state index contributed by atoms with van der Waals surface area (Å²) in [7, 11) is -0.388. The molecule has 0 aliphatic carbocycles. The van der Waals surface area contributed by atoms with Gasteiger partial charge in [0.2, 0.25) is 10.0 Å². The number of hydrogen-bond acceptors (Lipinski definition) is 5. The molecular weight excluding hydrogens is 266 g/mol. The minimum atomic E-state index is -3.45. The third-order valence-electron chi connectivity index (χ3n) is 2.94. The molecule has 1 aromatic carbocycles. The molecule has 0 saturated carbocycles. The summed E-state index contributed by atoms with van der Waals surface area (Å²) >= 11 is 0. The second-order valence-electron chi connectivity index (χ2n) is 4.49. The predicted octanol–water partition coefficient (Wildman–Crippen LogP) is 0.596. The number of benzene rings is 1. The topological polar surface area (TPSA) is 61.9 Å². The number of hydrazine groups is 1. The van der Waals surface area contributed by atoms with Crippen molar-refractivity contribution in [2.24, 2.45) is 0 Å². The third-order valence-corrected chi connectivity index (χ3v) is 4.81. The van der Waals surface area contributed by atoms with Crippen LogP contribution in [-0.2, 0) is 14.8 Å². The number of hydrogen-bond donors (Lipinski definition) is 1. The third kappa shape index (κ3) is 3.24. The highest BCUT2D eigenvalue weighted by Gasteiger charge is 2.22. The molecule has 1 fully saturated rings. The van der Waals surface area contributed by atoms with Crippen LogP contribution in [0.4, 0.5) is 5.69 Å². The molecule has 0 unspecified atom stereocenters. The average molecular weight is 285 g/mol. The van der Waals surface area contributed by atoms with Gasteiger partial charge in [-0.15, -0.1) is 0 Å². The van der Waals surface area contributed by atoms with Gasteiger partial charge in [0, 0.05) is 27.2 Å². The van der Waals surface area contributed by atoms with Gasteiger partial charge in [-0.1, -0.05) is 12.1 Å². The molecule has 0 radical (unpaired) electrons. The summed E-state index contributed by atoms with van der Waals surface area (Å²) in [6, 6.07) is 6.92. The largest absolute Gasteiger partial charge is 0.379 e. The van der Waals surface area contributed by atoms with Crippen LogP contribution >= 0.6 is 0 Å². The summed E-state index contributed by atoms with van der Waals surface area (Å²) in [5.41, 5.74) is 3.75. The molecule has 1 aliphatic heterocycles. The van der Waals surface area contributed by atoms with Crippen molar-refractivity contribution in [3.8, 4) is 0 Å². The van der Waals surface area contributed by atoms with Crippen molar-refractivity contribution in [2.75, 3.05) is 45.8 Å². The molecule has 1 saturated heterocycles. The molecule has 0 spiro atoms. The van der Waals surface area contributed by atoms with Gasteiger partial charge < -0.3 is 10.2 Å². The first-order valence-electron chi connectivity index (χ1n) is 6.13. The Morgan fingerprint density at radius 2 is 1.84 bits per heavy atom. The number of ether oxygens (including phenoxy) is 1. The van der Waals surface area contributed by atoms with E-state index >= 15 is 0 Å². The maximum atomic E-state index is 12.2. The molecule has 1 aliphatic rings. The van der Waals surface area contributed by atoms with Crippen molar-refractivity contribution < 1.29 is 13.2 Å². The summed E-state index contributed by atoms with van der Waals surface area (Å²) in [5, 5.41) is 1.97. The minimum Gasteiger partial charge on any atom is -0.379 e. The molecule has 0 aromatic heterocycles. The fraction of sp³-hybridized carbons (Fsp3) is 0.500. The van der Waals surface area contributed by atoms with Crippen LogP contribution in [0.5, 0.6) is 0 Å². The molecule has 1 heterocycles. The van der Waals surface area contributed by atoms with Gasteiger partial charge in [0.25, 0.3) is 0 Å². The Morgan fingerprint density at radius 3 is 2.47 bits per heavy atom. The number of rotatable bonds is 4. The molecule has 2 rings (SSSR count). The van der Waals surface area contributed by atoms with E-state index in [1.54, 1.807) is 18.2 Å². The lowest BCUT2D eigenvalue weighted by atomic mass is 10.3. The molecule has 1 N–H and O–H groups in total. The van der Waals surface area contributed by atoms with Crippen molar-refractivity contribution in [1.29, 1.82) is 0 Å². The highest BCUT2D eigenvalue weighted by molar-refractivity contribution is 7.89. The van der Waals surface area contributed by atoms with Crippen LogP contribution in [0, 0.1) is 0 Å². The first-order chi connectivity index (χ1) is 9.01. The maximum absolute atomic E-state index is 12.2. The van der Waals surface area contributed by atoms with Crippen LogP contribution in [0.25, 0.3) is 0 Å². The Morgan fingerprint density at radius 1 is 1.21 bits per heavy atom. The molecule has 0 amide bonds. The molecule has 19 heavy (non-hydrogen) atoms. The molecule has 0 atom stereocenters. The van der Waals surface area contributed by atoms with Gasteiger partial charge in [-0.05, 0) is 12.1 Å². The SMILES string of the molecule is CN(C)S(=O)(=O)c1ccccc1NN1CCOCC1. The number of nitrogens with one attached hydrogen (secondary N) is 1. The predicted molar refractivity (Wildman–Crippen MR) is 73.3 cm³/mol. The van der Waals surface area contributed by atoms with E-state index < -0.39 is 10.0 Å². The number of sulfonamides is 1. The average Bonchev–Trinajstić information content (AvgIpc) is 2.40. The van der Waals surface area contributed by atoms with Gasteiger partial charge >= 0.3 is 0 Å². The van der Waals surface area contributed by atoms with E-state index in [-0.39, 0.29) is 4.90 Å². The van der Waals surface area contributed by atoms with Crippen LogP contribution in [0.3, 0.4) is 0 Å². The Hall–Kier alpha value is -1.15. The van der Waals surface area contributed by atoms with Crippen LogP contribution in [0.2, 0.25) is 0 Å². The number of anilines is 1. The summed E-state index contributed by atoms with van der Waals surface area (Å²) < 4.78 is 31.0. The van der Waals surface area contributed by atoms with Crippen molar-refractivity contribution in [2.45, 2.75) is 4.90 Å². The summed E-state index contributed by atoms with van der Waals surface area (Å²) in [5.74, 6) is 0. The van der Waals surface area contributed by atoms with Crippen molar-refractivity contribution >= 4 is 15.7 Å². The summed E-state index contributed by atoms with van der Waals surface area (Å²) in [6.07, 6.45) is 0. The van der Waals surface area contributed by atoms with E-state index in [1.807, 2.05) is 11.1 Å². The first-order valence-corrected chi connectivity index (χ1v) is 7.57. The van der Waals surface area contributed by atoms with Gasteiger partial charge in [-0.2, -0.15) is 0 Å². The van der Waals surface area contributed by atoms with Gasteiger partial charge in [0.1, 0.15) is 4.90 Å². The van der Waals surface area contributed by atoms with Gasteiger partial charge in [-0.3, -0.25) is 0 Å². The monoisotopic (exact) mass is 285 g/mol. The fourth-order valence-corrected chi connectivity index (χ4v) is 2.86. The second kappa shape index (κ2) is 5.87. The van der Waals surface area contributed by atoms with E-state index in [9.17, 15) is 8.42 Å². The lowest BCUT2D eigenvalue weighted by Crippen LogP contribution is -2.40. The van der Waals surface area contributed by atoms with Crippen LogP contribution in [-0.4, -0.2) is 58.1 Å². The van der Waals surface area contributed by atoms with Gasteiger partial charge in [0.05, 0.1) is 18.9 Å². The van der Waals surface area contributed by atoms with Crippen LogP contribution < -0.4 is 5.43 Å². The zero-order valence-electron chi connectivity index (χ0n) is 11.2. The normalized spacial score (nSPS) is 17.6. The minimum absolute atomic E-state index is 0.284. The molecule has 1 aromatic rings. The van der Waals surface area contributed by atoms with Gasteiger partial charge in [-0.25, -0.2) is 17.7 Å². The van der Waals surface area contributed by atoms with Crippen LogP contribution in [0.1, 0.15) is 0 Å². The Balaban J connectivity index is 2.26. The number of morpholine rings is 1. The van der Waals surface area contributed by atoms with Crippen LogP contribution in [0.15, 0.2) is 29.2 Å². The Bertz CT molecular complexity index is 525. The zero-order valence-corrected chi connectivity index (χ0v) is 12.0. The second-order valence-corrected chi connectivity index (χ2v) is 6.62. The molecule has 0 bridgehead atoms. The quantitative estimate of drug-likeness (QED) is 0.877. The Labute approximate surface area is 114 Å². The van der Waals surface area contributed by atoms with E-state index in [0.717, 1.165) is 13.1 Å². The highest BCUT2D eigenvalue weighted by Crippen LogP contribution is 2.23. The lowest BCUT2D eigenvalue weighted by Gasteiger charge is -2.29. The maximum Gasteiger partial charge on any atom is 0.244 e. The smallest absolute Gasteiger partial charge is 0.244 e. The molecule has 6 nitrogen and oxygen atoms in total. The molecular formula is C12H19N3O3S. The number of nitrogens with zero attached hydrogens (tertiary/aromatic N) is 2. The zero-order chi connectivity index (χ0) is 13.9. The first kappa shape index (κ1) is 14.3. The van der Waals surface area contributed by atoms with E-state index in [1.165, 1.54) is 18.4 Å². The summed E-state index contributed by atoms with van der Waals surface area (Å²) in [6.45, 7) is 2.76.